The molecule has 0 radical (unpaired) electrons. The number of anilines is 2. The molecule has 0 saturated heterocycles. The van der Waals surface area contributed by atoms with E-state index in [2.05, 4.69) is 20.8 Å². The Morgan fingerprint density at radius 2 is 1.76 bits per heavy atom. The van der Waals surface area contributed by atoms with Crippen LogP contribution in [0.25, 0.3) is 0 Å². The van der Waals surface area contributed by atoms with Gasteiger partial charge in [-0.1, -0.05) is 6.92 Å². The van der Waals surface area contributed by atoms with E-state index in [0.717, 1.165) is 12.1 Å². The summed E-state index contributed by atoms with van der Waals surface area (Å²) in [4.78, 5) is 23.6. The fraction of sp³-hybridized carbons (Fsp3) is 0.222. The molecule has 0 aliphatic rings. The number of rotatable bonds is 6. The smallest absolute Gasteiger partial charge is 0.323 e. The number of halogens is 3. The zero-order valence-corrected chi connectivity index (χ0v) is 15.3. The van der Waals surface area contributed by atoms with Gasteiger partial charge >= 0.3 is 6.18 Å². The minimum Gasteiger partial charge on any atom is -0.323 e. The van der Waals surface area contributed by atoms with Gasteiger partial charge in [0.25, 0.3) is 5.91 Å². The Balaban J connectivity index is 1.60. The summed E-state index contributed by atoms with van der Waals surface area (Å²) in [5.74, 6) is -0.689. The SMILES string of the molecule is CCC(=O)Nc1cnn(Cn2ccc(C(=O)Nc3ccc(C(F)(F)F)cc3)n2)c1. The highest BCUT2D eigenvalue weighted by molar-refractivity contribution is 6.02. The molecule has 0 unspecified atom stereocenters. The van der Waals surface area contributed by atoms with Gasteiger partial charge in [-0.25, -0.2) is 4.68 Å². The van der Waals surface area contributed by atoms with Crippen LogP contribution in [0.2, 0.25) is 0 Å². The van der Waals surface area contributed by atoms with E-state index in [4.69, 9.17) is 0 Å². The number of nitrogens with one attached hydrogen (secondary N) is 2. The first-order valence-corrected chi connectivity index (χ1v) is 8.59. The van der Waals surface area contributed by atoms with Gasteiger partial charge in [-0.3, -0.25) is 14.3 Å². The second-order valence-corrected chi connectivity index (χ2v) is 6.08. The zero-order chi connectivity index (χ0) is 21.0. The number of hydrogen-bond donors (Lipinski definition) is 2. The predicted molar refractivity (Wildman–Crippen MR) is 98.2 cm³/mol. The third kappa shape index (κ3) is 5.21. The molecular weight excluding hydrogens is 389 g/mol. The van der Waals surface area contributed by atoms with Crippen molar-refractivity contribution in [2.24, 2.45) is 0 Å². The van der Waals surface area contributed by atoms with Crippen LogP contribution in [-0.4, -0.2) is 31.4 Å². The Hall–Kier alpha value is -3.63. The Kier molecular flexibility index (Phi) is 5.66. The molecule has 0 saturated carbocycles. The molecule has 3 rings (SSSR count). The molecule has 2 aromatic heterocycles. The average Bonchev–Trinajstić information content (AvgIpc) is 3.31. The number of aromatic nitrogens is 4. The predicted octanol–water partition coefficient (Wildman–Crippen LogP) is 3.21. The summed E-state index contributed by atoms with van der Waals surface area (Å²) in [5, 5.41) is 13.4. The Morgan fingerprint density at radius 1 is 1.03 bits per heavy atom. The largest absolute Gasteiger partial charge is 0.416 e. The Bertz CT molecular complexity index is 1010. The van der Waals surface area contributed by atoms with Crippen molar-refractivity contribution in [1.82, 2.24) is 19.6 Å². The normalized spacial score (nSPS) is 11.3. The summed E-state index contributed by atoms with van der Waals surface area (Å²) in [7, 11) is 0. The lowest BCUT2D eigenvalue weighted by Gasteiger charge is -2.08. The van der Waals surface area contributed by atoms with Crippen LogP contribution in [0, 0.1) is 0 Å². The first kappa shape index (κ1) is 20.1. The molecular formula is C18H17F3N6O2. The number of amides is 2. The summed E-state index contributed by atoms with van der Waals surface area (Å²) in [5.41, 5.74) is 0.0651. The van der Waals surface area contributed by atoms with Crippen molar-refractivity contribution in [2.45, 2.75) is 26.2 Å². The van der Waals surface area contributed by atoms with Crippen LogP contribution in [0.1, 0.15) is 29.4 Å². The molecule has 0 bridgehead atoms. The van der Waals surface area contributed by atoms with Gasteiger partial charge < -0.3 is 10.6 Å². The third-order valence-electron chi connectivity index (χ3n) is 3.87. The van der Waals surface area contributed by atoms with E-state index in [1.165, 1.54) is 33.8 Å². The molecule has 3 aromatic rings. The van der Waals surface area contributed by atoms with Crippen molar-refractivity contribution in [2.75, 3.05) is 10.6 Å². The molecule has 2 heterocycles. The maximum absolute atomic E-state index is 12.6. The van der Waals surface area contributed by atoms with Crippen molar-refractivity contribution in [3.05, 3.63) is 60.2 Å². The lowest BCUT2D eigenvalue weighted by atomic mass is 10.2. The van der Waals surface area contributed by atoms with Crippen molar-refractivity contribution >= 4 is 23.2 Å². The molecule has 2 amide bonds. The van der Waals surface area contributed by atoms with Gasteiger partial charge in [-0.15, -0.1) is 0 Å². The van der Waals surface area contributed by atoms with Gasteiger partial charge in [0.15, 0.2) is 5.69 Å². The summed E-state index contributed by atoms with van der Waals surface area (Å²) in [6.45, 7) is 1.94. The number of hydrogen-bond acceptors (Lipinski definition) is 4. The molecule has 29 heavy (non-hydrogen) atoms. The Labute approximate surface area is 163 Å². The standard InChI is InChI=1S/C18H17F3N6O2/c1-2-16(28)23-14-9-22-27(10-14)11-26-8-7-15(25-26)17(29)24-13-5-3-12(4-6-13)18(19,20)21/h3-10H,2,11H2,1H3,(H,23,28)(H,24,29). The summed E-state index contributed by atoms with van der Waals surface area (Å²) >= 11 is 0. The molecule has 0 atom stereocenters. The van der Waals surface area contributed by atoms with E-state index >= 15 is 0 Å². The van der Waals surface area contributed by atoms with E-state index in [1.807, 2.05) is 0 Å². The highest BCUT2D eigenvalue weighted by Crippen LogP contribution is 2.29. The quantitative estimate of drug-likeness (QED) is 0.657. The second kappa shape index (κ2) is 8.17. The minimum absolute atomic E-state index is 0.0940. The van der Waals surface area contributed by atoms with E-state index in [-0.39, 0.29) is 24.0 Å². The van der Waals surface area contributed by atoms with Crippen LogP contribution in [-0.2, 0) is 17.6 Å². The van der Waals surface area contributed by atoms with Gasteiger partial charge in [0.1, 0.15) is 6.67 Å². The molecule has 0 fully saturated rings. The van der Waals surface area contributed by atoms with Crippen LogP contribution < -0.4 is 10.6 Å². The fourth-order valence-electron chi connectivity index (χ4n) is 2.40. The maximum Gasteiger partial charge on any atom is 0.416 e. The van der Waals surface area contributed by atoms with Gasteiger partial charge in [0.2, 0.25) is 5.91 Å². The maximum atomic E-state index is 12.6. The Morgan fingerprint density at radius 3 is 2.41 bits per heavy atom. The van der Waals surface area contributed by atoms with E-state index in [1.54, 1.807) is 19.3 Å². The van der Waals surface area contributed by atoms with Crippen LogP contribution in [0.4, 0.5) is 24.5 Å². The molecule has 0 spiro atoms. The lowest BCUT2D eigenvalue weighted by Crippen LogP contribution is -2.15. The molecule has 0 aliphatic carbocycles. The first-order valence-electron chi connectivity index (χ1n) is 8.59. The summed E-state index contributed by atoms with van der Waals surface area (Å²) in [6.07, 6.45) is 0.592. The highest BCUT2D eigenvalue weighted by Gasteiger charge is 2.30. The number of carbonyl (C=O) groups excluding carboxylic acids is 2. The summed E-state index contributed by atoms with van der Waals surface area (Å²) < 4.78 is 40.7. The van der Waals surface area contributed by atoms with Crippen LogP contribution >= 0.6 is 0 Å². The second-order valence-electron chi connectivity index (χ2n) is 6.08. The first-order chi connectivity index (χ1) is 13.7. The van der Waals surface area contributed by atoms with Crippen LogP contribution in [0.15, 0.2) is 48.9 Å². The number of alkyl halides is 3. The van der Waals surface area contributed by atoms with E-state index in [9.17, 15) is 22.8 Å². The van der Waals surface area contributed by atoms with Gasteiger partial charge in [-0.05, 0) is 30.3 Å². The zero-order valence-electron chi connectivity index (χ0n) is 15.3. The van der Waals surface area contributed by atoms with Crippen molar-refractivity contribution < 1.29 is 22.8 Å². The monoisotopic (exact) mass is 406 g/mol. The number of nitrogens with zero attached hydrogens (tertiary/aromatic N) is 4. The molecule has 0 aliphatic heterocycles. The molecule has 8 nitrogen and oxygen atoms in total. The van der Waals surface area contributed by atoms with Crippen molar-refractivity contribution in [3.8, 4) is 0 Å². The highest BCUT2D eigenvalue weighted by atomic mass is 19.4. The molecule has 152 valence electrons. The molecule has 1 aromatic carbocycles. The van der Waals surface area contributed by atoms with Crippen molar-refractivity contribution in [3.63, 3.8) is 0 Å². The molecule has 2 N–H and O–H groups in total. The van der Waals surface area contributed by atoms with Gasteiger partial charge in [-0.2, -0.15) is 23.4 Å². The number of benzene rings is 1. The fourth-order valence-corrected chi connectivity index (χ4v) is 2.40. The van der Waals surface area contributed by atoms with E-state index < -0.39 is 17.6 Å². The topological polar surface area (TPSA) is 93.8 Å². The van der Waals surface area contributed by atoms with Gasteiger partial charge in [0.05, 0.1) is 23.6 Å². The average molecular weight is 406 g/mol. The number of carbonyl (C=O) groups is 2. The van der Waals surface area contributed by atoms with Gasteiger partial charge in [0, 0.05) is 18.3 Å². The summed E-state index contributed by atoms with van der Waals surface area (Å²) in [6, 6.07) is 5.60. The minimum atomic E-state index is -4.44. The molecule has 11 heteroatoms. The van der Waals surface area contributed by atoms with E-state index in [0.29, 0.717) is 12.1 Å². The third-order valence-corrected chi connectivity index (χ3v) is 3.87. The van der Waals surface area contributed by atoms with Crippen LogP contribution in [0.5, 0.6) is 0 Å². The van der Waals surface area contributed by atoms with Crippen LogP contribution in [0.3, 0.4) is 0 Å². The van der Waals surface area contributed by atoms with Crippen molar-refractivity contribution in [1.29, 1.82) is 0 Å². The lowest BCUT2D eigenvalue weighted by molar-refractivity contribution is -0.137.